The number of likely N-dealkylation sites (tertiary alicyclic amines) is 1. The molecular weight excluding hydrogens is 356 g/mol. The van der Waals surface area contributed by atoms with Gasteiger partial charge in [-0.2, -0.15) is 0 Å². The lowest BCUT2D eigenvalue weighted by Crippen LogP contribution is -2.43. The third kappa shape index (κ3) is 2.83. The first-order valence-corrected chi connectivity index (χ1v) is 9.54. The number of Topliss-reactive ketones (excluding diaryl/α,β-unsaturated/α-hetero) is 1. The van der Waals surface area contributed by atoms with Gasteiger partial charge in [0.05, 0.1) is 12.0 Å². The van der Waals surface area contributed by atoms with Crippen LogP contribution in [0.15, 0.2) is 48.9 Å². The Morgan fingerprint density at radius 2 is 2.04 bits per heavy atom. The van der Waals surface area contributed by atoms with Crippen molar-refractivity contribution in [3.63, 3.8) is 0 Å². The van der Waals surface area contributed by atoms with Crippen molar-refractivity contribution >= 4 is 17.5 Å². The molecule has 3 aromatic rings. The summed E-state index contributed by atoms with van der Waals surface area (Å²) in [6.07, 6.45) is 7.72. The van der Waals surface area contributed by atoms with E-state index in [1.807, 2.05) is 35.4 Å². The first kappa shape index (κ1) is 16.9. The first-order valence-electron chi connectivity index (χ1n) is 9.54. The largest absolute Gasteiger partial charge is 0.486 e. The fraction of sp³-hybridized carbons (Fsp3) is 0.333. The second-order valence-corrected chi connectivity index (χ2v) is 7.48. The number of hydrogen-bond acceptors (Lipinski definition) is 5. The van der Waals surface area contributed by atoms with Crippen LogP contribution >= 0.6 is 0 Å². The molecule has 0 aliphatic carbocycles. The second-order valence-electron chi connectivity index (χ2n) is 7.48. The van der Waals surface area contributed by atoms with E-state index in [2.05, 4.69) is 9.97 Å². The van der Waals surface area contributed by atoms with Crippen LogP contribution in [0.3, 0.4) is 0 Å². The van der Waals surface area contributed by atoms with Crippen molar-refractivity contribution in [1.82, 2.24) is 19.3 Å². The minimum absolute atomic E-state index is 0.106. The summed E-state index contributed by atoms with van der Waals surface area (Å²) in [7, 11) is 0. The number of carbonyl (C=O) groups is 2. The molecular formula is C21H20N4O3. The maximum Gasteiger partial charge on any atom is 0.274 e. The van der Waals surface area contributed by atoms with Crippen LogP contribution in [-0.2, 0) is 0 Å². The molecule has 142 valence electrons. The number of amides is 1. The molecule has 5 rings (SSSR count). The Morgan fingerprint density at radius 1 is 1.14 bits per heavy atom. The topological polar surface area (TPSA) is 76.8 Å². The molecule has 28 heavy (non-hydrogen) atoms. The summed E-state index contributed by atoms with van der Waals surface area (Å²) in [6.45, 7) is 1.16. The van der Waals surface area contributed by atoms with Gasteiger partial charge >= 0.3 is 0 Å². The standard InChI is InChI=1S/C21H20N4O3/c26-17-13-21(28-18-6-2-1-5-15(17)18)7-3-10-24(12-8-21)19(27)16-14-25-11-4-9-22-20(25)23-16/h1-2,4-6,9,11,14H,3,7-8,10,12-13H2. The van der Waals surface area contributed by atoms with Gasteiger partial charge in [0.25, 0.3) is 5.91 Å². The highest BCUT2D eigenvalue weighted by molar-refractivity contribution is 6.00. The van der Waals surface area contributed by atoms with Crippen LogP contribution < -0.4 is 4.74 Å². The van der Waals surface area contributed by atoms with Crippen LogP contribution in [0.5, 0.6) is 5.75 Å². The molecule has 1 saturated heterocycles. The summed E-state index contributed by atoms with van der Waals surface area (Å²) in [5.41, 5.74) is 0.518. The molecule has 2 aromatic heterocycles. The number of para-hydroxylation sites is 1. The van der Waals surface area contributed by atoms with E-state index >= 15 is 0 Å². The Balaban J connectivity index is 1.36. The van der Waals surface area contributed by atoms with E-state index in [1.54, 1.807) is 22.9 Å². The molecule has 0 N–H and O–H groups in total. The second kappa shape index (κ2) is 6.44. The summed E-state index contributed by atoms with van der Waals surface area (Å²) in [6, 6.07) is 9.21. The number of benzene rings is 1. The Hall–Kier alpha value is -3.22. The molecule has 1 amide bonds. The fourth-order valence-electron chi connectivity index (χ4n) is 4.19. The van der Waals surface area contributed by atoms with Gasteiger partial charge in [-0.1, -0.05) is 12.1 Å². The van der Waals surface area contributed by atoms with Crippen LogP contribution in [0, 0.1) is 0 Å². The number of imidazole rings is 1. The SMILES string of the molecule is O=C1CC2(CCCN(C(=O)c3cn4cccnc4n3)CC2)Oc2ccccc21. The van der Waals surface area contributed by atoms with Crippen LogP contribution in [0.2, 0.25) is 0 Å². The van der Waals surface area contributed by atoms with E-state index in [-0.39, 0.29) is 11.7 Å². The Morgan fingerprint density at radius 3 is 2.93 bits per heavy atom. The normalized spacial score (nSPS) is 22.0. The molecule has 4 heterocycles. The monoisotopic (exact) mass is 376 g/mol. The quantitative estimate of drug-likeness (QED) is 0.653. The lowest BCUT2D eigenvalue weighted by Gasteiger charge is -2.37. The van der Waals surface area contributed by atoms with E-state index in [0.29, 0.717) is 48.7 Å². The van der Waals surface area contributed by atoms with Gasteiger partial charge in [-0.3, -0.25) is 14.0 Å². The zero-order valence-corrected chi connectivity index (χ0v) is 15.4. The van der Waals surface area contributed by atoms with E-state index in [1.165, 1.54) is 0 Å². The fourth-order valence-corrected chi connectivity index (χ4v) is 4.19. The van der Waals surface area contributed by atoms with Crippen molar-refractivity contribution in [2.45, 2.75) is 31.3 Å². The highest BCUT2D eigenvalue weighted by Crippen LogP contribution is 2.39. The number of rotatable bonds is 1. The van der Waals surface area contributed by atoms with E-state index in [4.69, 9.17) is 4.74 Å². The highest BCUT2D eigenvalue weighted by Gasteiger charge is 2.42. The highest BCUT2D eigenvalue weighted by atomic mass is 16.5. The van der Waals surface area contributed by atoms with Gasteiger partial charge < -0.3 is 9.64 Å². The predicted octanol–water partition coefficient (Wildman–Crippen LogP) is 2.76. The molecule has 7 nitrogen and oxygen atoms in total. The molecule has 0 saturated carbocycles. The minimum Gasteiger partial charge on any atom is -0.486 e. The molecule has 7 heteroatoms. The van der Waals surface area contributed by atoms with Gasteiger partial charge in [0.1, 0.15) is 17.0 Å². The Bertz CT molecular complexity index is 1040. The number of hydrogen-bond donors (Lipinski definition) is 0. The molecule has 2 aliphatic rings. The maximum atomic E-state index is 13.0. The molecule has 1 spiro atoms. The molecule has 1 fully saturated rings. The summed E-state index contributed by atoms with van der Waals surface area (Å²) in [5.74, 6) is 1.18. The van der Waals surface area contributed by atoms with Crippen LogP contribution in [0.1, 0.15) is 46.5 Å². The van der Waals surface area contributed by atoms with Gasteiger partial charge in [-0.25, -0.2) is 9.97 Å². The van der Waals surface area contributed by atoms with Crippen molar-refractivity contribution < 1.29 is 14.3 Å². The third-order valence-electron chi connectivity index (χ3n) is 5.64. The van der Waals surface area contributed by atoms with Crippen molar-refractivity contribution in [2.24, 2.45) is 0 Å². The van der Waals surface area contributed by atoms with Gasteiger partial charge in [0.2, 0.25) is 5.78 Å². The molecule has 0 radical (unpaired) electrons. The molecule has 1 unspecified atom stereocenters. The zero-order chi connectivity index (χ0) is 19.1. The number of ether oxygens (including phenoxy) is 1. The summed E-state index contributed by atoms with van der Waals surface area (Å²) in [4.78, 5) is 35.9. The first-order chi connectivity index (χ1) is 13.6. The molecule has 0 bridgehead atoms. The lowest BCUT2D eigenvalue weighted by molar-refractivity contribution is 0.0300. The van der Waals surface area contributed by atoms with Crippen molar-refractivity contribution in [3.8, 4) is 5.75 Å². The van der Waals surface area contributed by atoms with E-state index in [9.17, 15) is 9.59 Å². The number of ketones is 1. The van der Waals surface area contributed by atoms with Gasteiger partial charge in [0, 0.05) is 38.1 Å². The van der Waals surface area contributed by atoms with Crippen molar-refractivity contribution in [3.05, 3.63) is 60.2 Å². The number of fused-ring (bicyclic) bond motifs is 2. The smallest absolute Gasteiger partial charge is 0.274 e. The van der Waals surface area contributed by atoms with Crippen molar-refractivity contribution in [2.75, 3.05) is 13.1 Å². The maximum absolute atomic E-state index is 13.0. The Labute approximate surface area is 162 Å². The number of carbonyl (C=O) groups excluding carboxylic acids is 2. The summed E-state index contributed by atoms with van der Waals surface area (Å²) < 4.78 is 8.05. The number of nitrogens with zero attached hydrogens (tertiary/aromatic N) is 4. The van der Waals surface area contributed by atoms with Gasteiger partial charge in [0.15, 0.2) is 5.78 Å². The van der Waals surface area contributed by atoms with Crippen LogP contribution in [-0.4, -0.2) is 49.6 Å². The van der Waals surface area contributed by atoms with Gasteiger partial charge in [-0.05, 0) is 31.0 Å². The average Bonchev–Trinajstić information content (AvgIpc) is 3.04. The predicted molar refractivity (Wildman–Crippen MR) is 101 cm³/mol. The number of aromatic nitrogens is 3. The Kier molecular flexibility index (Phi) is 3.89. The molecule has 1 aromatic carbocycles. The molecule has 2 aliphatic heterocycles. The van der Waals surface area contributed by atoms with Crippen molar-refractivity contribution in [1.29, 1.82) is 0 Å². The minimum atomic E-state index is -0.527. The van der Waals surface area contributed by atoms with Gasteiger partial charge in [-0.15, -0.1) is 0 Å². The lowest BCUT2D eigenvalue weighted by atomic mass is 9.84. The summed E-state index contributed by atoms with van der Waals surface area (Å²) >= 11 is 0. The summed E-state index contributed by atoms with van der Waals surface area (Å²) in [5, 5.41) is 0. The molecule has 1 atom stereocenters. The van der Waals surface area contributed by atoms with Crippen LogP contribution in [0.4, 0.5) is 0 Å². The third-order valence-corrected chi connectivity index (χ3v) is 5.64. The van der Waals surface area contributed by atoms with E-state index in [0.717, 1.165) is 12.8 Å². The van der Waals surface area contributed by atoms with Crippen LogP contribution in [0.25, 0.3) is 5.78 Å². The zero-order valence-electron chi connectivity index (χ0n) is 15.4. The van der Waals surface area contributed by atoms with E-state index < -0.39 is 5.60 Å². The average molecular weight is 376 g/mol.